The van der Waals surface area contributed by atoms with E-state index in [2.05, 4.69) is 12.1 Å². The molecular formula is C22H17Cl2O. The Kier molecular flexibility index (Phi) is 5.80. The average Bonchev–Trinajstić information content (AvgIpc) is 2.65. The summed E-state index contributed by atoms with van der Waals surface area (Å²) in [5, 5.41) is 12.2. The van der Waals surface area contributed by atoms with Gasteiger partial charge >= 0.3 is 0 Å². The highest BCUT2D eigenvalue weighted by molar-refractivity contribution is 6.30. The van der Waals surface area contributed by atoms with E-state index in [0.717, 1.165) is 34.3 Å². The first-order chi connectivity index (χ1) is 12.2. The van der Waals surface area contributed by atoms with Crippen LogP contribution in [-0.4, -0.2) is 5.88 Å². The quantitative estimate of drug-likeness (QED) is 0.339. The van der Waals surface area contributed by atoms with Gasteiger partial charge in [-0.25, -0.2) is 0 Å². The molecule has 0 aliphatic rings. The number of rotatable bonds is 5. The van der Waals surface area contributed by atoms with Crippen molar-refractivity contribution in [2.24, 2.45) is 0 Å². The molecule has 3 heteroatoms. The first-order valence-electron chi connectivity index (χ1n) is 8.07. The molecule has 1 radical (unpaired) electrons. The number of allylic oxidation sites excluding steroid dienone is 1. The largest absolute Gasteiger partial charge is 0.290 e. The zero-order chi connectivity index (χ0) is 17.6. The van der Waals surface area contributed by atoms with Crippen LogP contribution in [0.15, 0.2) is 78.9 Å². The predicted octanol–water partition coefficient (Wildman–Crippen LogP) is 7.07. The number of hydrogen-bond acceptors (Lipinski definition) is 0. The molecule has 0 N–H and O–H groups in total. The third-order valence-corrected chi connectivity index (χ3v) is 4.49. The number of halogens is 2. The van der Waals surface area contributed by atoms with Crippen molar-refractivity contribution in [3.8, 4) is 5.75 Å². The first-order valence-corrected chi connectivity index (χ1v) is 8.98. The van der Waals surface area contributed by atoms with E-state index < -0.39 is 0 Å². The maximum absolute atomic E-state index is 11.5. The van der Waals surface area contributed by atoms with E-state index in [1.54, 1.807) is 12.1 Å². The highest BCUT2D eigenvalue weighted by atomic mass is 35.5. The van der Waals surface area contributed by atoms with Gasteiger partial charge in [-0.3, -0.25) is 5.11 Å². The fourth-order valence-electron chi connectivity index (χ4n) is 2.90. The van der Waals surface area contributed by atoms with E-state index in [1.165, 1.54) is 0 Å². The van der Waals surface area contributed by atoms with Crippen molar-refractivity contribution in [1.82, 2.24) is 0 Å². The van der Waals surface area contributed by atoms with E-state index in [1.807, 2.05) is 54.6 Å². The molecular weight excluding hydrogens is 351 g/mol. The molecule has 3 aromatic rings. The van der Waals surface area contributed by atoms with Crippen LogP contribution in [0.25, 0.3) is 11.1 Å². The lowest BCUT2D eigenvalue weighted by atomic mass is 9.88. The van der Waals surface area contributed by atoms with Crippen molar-refractivity contribution < 1.29 is 5.11 Å². The SMILES string of the molecule is [O]c1ccc(/C(=C(\CCCl)c2ccccc2)c2ccc(Cl)cc2)cc1. The molecule has 0 aliphatic carbocycles. The summed E-state index contributed by atoms with van der Waals surface area (Å²) in [7, 11) is 0. The van der Waals surface area contributed by atoms with Crippen LogP contribution in [-0.2, 0) is 5.11 Å². The second-order valence-corrected chi connectivity index (χ2v) is 6.50. The van der Waals surface area contributed by atoms with Gasteiger partial charge in [-0.1, -0.05) is 66.2 Å². The molecule has 0 saturated carbocycles. The van der Waals surface area contributed by atoms with Gasteiger partial charge in [-0.05, 0) is 58.5 Å². The van der Waals surface area contributed by atoms with Gasteiger partial charge in [0.05, 0.1) is 0 Å². The third-order valence-electron chi connectivity index (χ3n) is 4.04. The molecule has 0 heterocycles. The summed E-state index contributed by atoms with van der Waals surface area (Å²) >= 11 is 12.2. The van der Waals surface area contributed by atoms with Crippen molar-refractivity contribution in [2.75, 3.05) is 5.88 Å². The standard InChI is InChI=1S/C22H17Cl2O/c23-15-14-21(16-4-2-1-3-5-16)22(17-6-10-19(24)11-7-17)18-8-12-20(25)13-9-18/h1-13H,14-15H2/b22-21+. The summed E-state index contributed by atoms with van der Waals surface area (Å²) in [6.45, 7) is 0. The summed E-state index contributed by atoms with van der Waals surface area (Å²) < 4.78 is 0. The second kappa shape index (κ2) is 8.24. The Morgan fingerprint density at radius 3 is 1.84 bits per heavy atom. The van der Waals surface area contributed by atoms with E-state index in [9.17, 15) is 5.11 Å². The lowest BCUT2D eigenvalue weighted by Gasteiger charge is -2.17. The topological polar surface area (TPSA) is 19.9 Å². The van der Waals surface area contributed by atoms with Crippen LogP contribution in [0, 0.1) is 0 Å². The van der Waals surface area contributed by atoms with Crippen molar-refractivity contribution >= 4 is 34.3 Å². The molecule has 0 atom stereocenters. The molecule has 25 heavy (non-hydrogen) atoms. The zero-order valence-corrected chi connectivity index (χ0v) is 15.1. The van der Waals surface area contributed by atoms with Crippen LogP contribution < -0.4 is 0 Å². The van der Waals surface area contributed by atoms with Crippen molar-refractivity contribution in [3.63, 3.8) is 0 Å². The average molecular weight is 368 g/mol. The molecule has 0 spiro atoms. The summed E-state index contributed by atoms with van der Waals surface area (Å²) in [4.78, 5) is 0. The fraction of sp³-hybridized carbons (Fsp3) is 0.0909. The Bertz CT molecular complexity index is 803. The Balaban J connectivity index is 2.26. The molecule has 0 saturated heterocycles. The third kappa shape index (κ3) is 4.25. The normalized spacial score (nSPS) is 11.9. The van der Waals surface area contributed by atoms with Crippen LogP contribution in [0.5, 0.6) is 5.75 Å². The van der Waals surface area contributed by atoms with E-state index in [0.29, 0.717) is 10.9 Å². The number of alkyl halides is 1. The maximum Gasteiger partial charge on any atom is 0.178 e. The van der Waals surface area contributed by atoms with Gasteiger partial charge in [0.2, 0.25) is 0 Å². The molecule has 0 amide bonds. The van der Waals surface area contributed by atoms with Crippen LogP contribution in [0.3, 0.4) is 0 Å². The zero-order valence-electron chi connectivity index (χ0n) is 13.6. The van der Waals surface area contributed by atoms with E-state index in [4.69, 9.17) is 23.2 Å². The molecule has 1 nitrogen and oxygen atoms in total. The van der Waals surface area contributed by atoms with Crippen LogP contribution in [0.2, 0.25) is 5.02 Å². The van der Waals surface area contributed by atoms with E-state index >= 15 is 0 Å². The molecule has 0 aromatic heterocycles. The smallest absolute Gasteiger partial charge is 0.178 e. The Morgan fingerprint density at radius 2 is 1.28 bits per heavy atom. The fourth-order valence-corrected chi connectivity index (χ4v) is 3.22. The minimum absolute atomic E-state index is 0.00203. The maximum atomic E-state index is 11.5. The Morgan fingerprint density at radius 1 is 0.720 bits per heavy atom. The van der Waals surface area contributed by atoms with Gasteiger partial charge in [0.1, 0.15) is 0 Å². The summed E-state index contributed by atoms with van der Waals surface area (Å²) in [5.74, 6) is 0.513. The molecule has 3 aromatic carbocycles. The predicted molar refractivity (Wildman–Crippen MR) is 106 cm³/mol. The second-order valence-electron chi connectivity index (χ2n) is 5.69. The molecule has 0 fully saturated rings. The summed E-state index contributed by atoms with van der Waals surface area (Å²) in [6.07, 6.45) is 0.725. The molecule has 0 aliphatic heterocycles. The Labute approximate surface area is 158 Å². The summed E-state index contributed by atoms with van der Waals surface area (Å²) in [6, 6.07) is 24.9. The van der Waals surface area contributed by atoms with Crippen molar-refractivity contribution in [1.29, 1.82) is 0 Å². The van der Waals surface area contributed by atoms with Gasteiger partial charge < -0.3 is 0 Å². The highest BCUT2D eigenvalue weighted by Gasteiger charge is 2.14. The molecule has 0 unspecified atom stereocenters. The minimum Gasteiger partial charge on any atom is -0.290 e. The Hall–Kier alpha value is -2.22. The van der Waals surface area contributed by atoms with Crippen LogP contribution in [0.4, 0.5) is 0 Å². The number of benzene rings is 3. The van der Waals surface area contributed by atoms with Gasteiger partial charge in [-0.2, -0.15) is 0 Å². The molecule has 3 rings (SSSR count). The summed E-state index contributed by atoms with van der Waals surface area (Å²) in [5.41, 5.74) is 5.39. The van der Waals surface area contributed by atoms with Crippen LogP contribution in [0.1, 0.15) is 23.1 Å². The van der Waals surface area contributed by atoms with Gasteiger partial charge in [0, 0.05) is 10.9 Å². The molecule has 0 bridgehead atoms. The highest BCUT2D eigenvalue weighted by Crippen LogP contribution is 2.35. The monoisotopic (exact) mass is 367 g/mol. The van der Waals surface area contributed by atoms with Crippen molar-refractivity contribution in [3.05, 3.63) is 101 Å². The molecule has 125 valence electrons. The van der Waals surface area contributed by atoms with Gasteiger partial charge in [0.25, 0.3) is 0 Å². The first kappa shape index (κ1) is 17.6. The lowest BCUT2D eigenvalue weighted by Crippen LogP contribution is -1.96. The minimum atomic E-state index is -0.00203. The number of hydrogen-bond donors (Lipinski definition) is 0. The van der Waals surface area contributed by atoms with Gasteiger partial charge in [0.15, 0.2) is 5.75 Å². The van der Waals surface area contributed by atoms with E-state index in [-0.39, 0.29) is 5.75 Å². The van der Waals surface area contributed by atoms with Crippen molar-refractivity contribution in [2.45, 2.75) is 6.42 Å². The van der Waals surface area contributed by atoms with Gasteiger partial charge in [-0.15, -0.1) is 11.6 Å². The lowest BCUT2D eigenvalue weighted by molar-refractivity contribution is 0.355. The van der Waals surface area contributed by atoms with Crippen LogP contribution >= 0.6 is 23.2 Å².